The third-order valence-corrected chi connectivity index (χ3v) is 3.47. The van der Waals surface area contributed by atoms with Crippen LogP contribution >= 0.6 is 11.8 Å². The molecule has 1 aliphatic rings. The van der Waals surface area contributed by atoms with Crippen LogP contribution in [0.5, 0.6) is 0 Å². The molecule has 1 atom stereocenters. The first-order chi connectivity index (χ1) is 9.15. The number of rotatable bonds is 3. The number of nitrogens with zero attached hydrogens (tertiary/aromatic N) is 2. The lowest BCUT2D eigenvalue weighted by molar-refractivity contribution is -0.118. The van der Waals surface area contributed by atoms with Gasteiger partial charge in [-0.1, -0.05) is 48.2 Å². The van der Waals surface area contributed by atoms with Gasteiger partial charge in [-0.25, -0.2) is 0 Å². The minimum absolute atomic E-state index is 0.0181. The molecule has 0 aromatic heterocycles. The summed E-state index contributed by atoms with van der Waals surface area (Å²) in [4.78, 5) is 11.2. The molecule has 2 rings (SSSR count). The minimum atomic E-state index is -0.0880. The van der Waals surface area contributed by atoms with Gasteiger partial charge in [-0.2, -0.15) is 5.10 Å². The van der Waals surface area contributed by atoms with Gasteiger partial charge in [-0.05, 0) is 25.0 Å². The van der Waals surface area contributed by atoms with Crippen LogP contribution in [0.2, 0.25) is 0 Å². The molecule has 1 fully saturated rings. The number of thioether (sulfide) groups is 1. The zero-order valence-electron chi connectivity index (χ0n) is 10.8. The maximum absolute atomic E-state index is 11.2. The lowest BCUT2D eigenvalue weighted by Gasteiger charge is -1.93. The predicted octanol–water partition coefficient (Wildman–Crippen LogP) is 2.68. The van der Waals surface area contributed by atoms with Crippen LogP contribution in [0.25, 0.3) is 6.08 Å². The molecule has 1 saturated heterocycles. The summed E-state index contributed by atoms with van der Waals surface area (Å²) in [5, 5.41) is 11.1. The number of amides is 1. The van der Waals surface area contributed by atoms with E-state index in [1.54, 1.807) is 6.21 Å². The fourth-order valence-electron chi connectivity index (χ4n) is 1.53. The SMILES string of the molecule is CC(/C=N\N=C1/NC(=O)C(C)S1)=C/c1ccccc1. The van der Waals surface area contributed by atoms with Gasteiger partial charge in [0.25, 0.3) is 0 Å². The average Bonchev–Trinajstić information content (AvgIpc) is 2.70. The van der Waals surface area contributed by atoms with E-state index in [0.717, 1.165) is 11.1 Å². The Kier molecular flexibility index (Phi) is 4.52. The van der Waals surface area contributed by atoms with E-state index >= 15 is 0 Å². The van der Waals surface area contributed by atoms with Gasteiger partial charge in [0.1, 0.15) is 0 Å². The van der Waals surface area contributed by atoms with Crippen molar-refractivity contribution < 1.29 is 4.79 Å². The maximum atomic E-state index is 11.2. The summed E-state index contributed by atoms with van der Waals surface area (Å²) in [5.41, 5.74) is 2.12. The highest BCUT2D eigenvalue weighted by atomic mass is 32.2. The van der Waals surface area contributed by atoms with Crippen LogP contribution in [0, 0.1) is 0 Å². The molecule has 1 heterocycles. The van der Waals surface area contributed by atoms with Gasteiger partial charge in [-0.15, -0.1) is 5.10 Å². The molecule has 1 aromatic carbocycles. The molecule has 1 N–H and O–H groups in total. The lowest BCUT2D eigenvalue weighted by Crippen LogP contribution is -2.23. The number of nitrogens with one attached hydrogen (secondary N) is 1. The fraction of sp³-hybridized carbons (Fsp3) is 0.214. The number of allylic oxidation sites excluding steroid dienone is 1. The standard InChI is InChI=1S/C14H15N3OS/c1-10(8-12-6-4-3-5-7-12)9-15-17-14-16-13(18)11(2)19-14/h3-9,11H,1-2H3,(H,16,17,18)/b10-8-,15-9-. The smallest absolute Gasteiger partial charge is 0.239 e. The van der Waals surface area contributed by atoms with Crippen LogP contribution in [0.4, 0.5) is 0 Å². The quantitative estimate of drug-likeness (QED) is 0.680. The van der Waals surface area contributed by atoms with Gasteiger partial charge < -0.3 is 5.32 Å². The van der Waals surface area contributed by atoms with E-state index in [4.69, 9.17) is 0 Å². The summed E-state index contributed by atoms with van der Waals surface area (Å²) in [6.45, 7) is 3.80. The number of benzene rings is 1. The van der Waals surface area contributed by atoms with Crippen LogP contribution in [-0.2, 0) is 4.79 Å². The van der Waals surface area contributed by atoms with Crippen molar-refractivity contribution in [2.45, 2.75) is 19.1 Å². The topological polar surface area (TPSA) is 53.8 Å². The molecule has 1 amide bonds. The summed E-state index contributed by atoms with van der Waals surface area (Å²) in [6.07, 6.45) is 3.70. The number of hydrogen-bond acceptors (Lipinski definition) is 4. The van der Waals surface area contributed by atoms with Gasteiger partial charge in [0.15, 0.2) is 5.17 Å². The van der Waals surface area contributed by atoms with Gasteiger partial charge in [0, 0.05) is 0 Å². The molecule has 1 unspecified atom stereocenters. The lowest BCUT2D eigenvalue weighted by atomic mass is 10.1. The second kappa shape index (κ2) is 6.33. The Labute approximate surface area is 116 Å². The summed E-state index contributed by atoms with van der Waals surface area (Å²) in [7, 11) is 0. The normalized spacial score (nSPS) is 22.2. The van der Waals surface area contributed by atoms with Crippen LogP contribution < -0.4 is 5.32 Å². The van der Waals surface area contributed by atoms with Crippen molar-refractivity contribution in [1.29, 1.82) is 0 Å². The van der Waals surface area contributed by atoms with Crippen LogP contribution in [-0.4, -0.2) is 22.5 Å². The second-order valence-electron chi connectivity index (χ2n) is 4.20. The van der Waals surface area contributed by atoms with Gasteiger partial charge in [0.05, 0.1) is 11.5 Å². The summed E-state index contributed by atoms with van der Waals surface area (Å²) < 4.78 is 0. The van der Waals surface area contributed by atoms with Gasteiger partial charge >= 0.3 is 0 Å². The summed E-state index contributed by atoms with van der Waals surface area (Å²) in [5.74, 6) is -0.0181. The molecule has 98 valence electrons. The number of amidine groups is 1. The molecule has 0 spiro atoms. The van der Waals surface area contributed by atoms with E-state index in [0.29, 0.717) is 5.17 Å². The number of carbonyl (C=O) groups excluding carboxylic acids is 1. The Hall–Kier alpha value is -1.88. The monoisotopic (exact) mass is 273 g/mol. The van der Waals surface area contributed by atoms with Crippen LogP contribution in [0.15, 0.2) is 46.1 Å². The molecule has 1 aliphatic heterocycles. The molecule has 5 heteroatoms. The molecule has 0 radical (unpaired) electrons. The first-order valence-electron chi connectivity index (χ1n) is 5.97. The van der Waals surface area contributed by atoms with Crippen LogP contribution in [0.1, 0.15) is 19.4 Å². The minimum Gasteiger partial charge on any atom is -0.303 e. The Bertz CT molecular complexity index is 549. The third-order valence-electron chi connectivity index (χ3n) is 2.49. The average molecular weight is 273 g/mol. The maximum Gasteiger partial charge on any atom is 0.239 e. The van der Waals surface area contributed by atoms with Crippen molar-refractivity contribution in [3.63, 3.8) is 0 Å². The van der Waals surface area contributed by atoms with Crippen molar-refractivity contribution in [3.8, 4) is 0 Å². The molecule has 0 bridgehead atoms. The summed E-state index contributed by atoms with van der Waals surface area (Å²) >= 11 is 1.39. The molecule has 19 heavy (non-hydrogen) atoms. The predicted molar refractivity (Wildman–Crippen MR) is 81.2 cm³/mol. The largest absolute Gasteiger partial charge is 0.303 e. The van der Waals surface area contributed by atoms with Crippen molar-refractivity contribution in [2.24, 2.45) is 10.2 Å². The first kappa shape index (κ1) is 13.5. The van der Waals surface area contributed by atoms with E-state index in [1.807, 2.05) is 50.3 Å². The molecule has 0 saturated carbocycles. The van der Waals surface area contributed by atoms with Crippen LogP contribution in [0.3, 0.4) is 0 Å². The first-order valence-corrected chi connectivity index (χ1v) is 6.85. The Morgan fingerprint density at radius 2 is 2.11 bits per heavy atom. The second-order valence-corrected chi connectivity index (χ2v) is 5.53. The molecule has 1 aromatic rings. The van der Waals surface area contributed by atoms with E-state index in [1.165, 1.54) is 11.8 Å². The highest BCUT2D eigenvalue weighted by Gasteiger charge is 2.25. The third kappa shape index (κ3) is 4.06. The van der Waals surface area contributed by atoms with Gasteiger partial charge in [0.2, 0.25) is 5.91 Å². The molecular weight excluding hydrogens is 258 g/mol. The van der Waals surface area contributed by atoms with E-state index in [2.05, 4.69) is 15.5 Å². The van der Waals surface area contributed by atoms with Crippen molar-refractivity contribution in [2.75, 3.05) is 0 Å². The number of hydrogen-bond donors (Lipinski definition) is 1. The fourth-order valence-corrected chi connectivity index (χ4v) is 2.28. The molecular formula is C14H15N3OS. The van der Waals surface area contributed by atoms with Crippen molar-refractivity contribution >= 4 is 35.1 Å². The Balaban J connectivity index is 1.98. The zero-order valence-corrected chi connectivity index (χ0v) is 11.6. The Morgan fingerprint density at radius 1 is 1.37 bits per heavy atom. The Morgan fingerprint density at radius 3 is 2.74 bits per heavy atom. The highest BCUT2D eigenvalue weighted by Crippen LogP contribution is 2.18. The number of carbonyl (C=O) groups is 1. The van der Waals surface area contributed by atoms with E-state index in [9.17, 15) is 4.79 Å². The van der Waals surface area contributed by atoms with Crippen molar-refractivity contribution in [1.82, 2.24) is 5.32 Å². The van der Waals surface area contributed by atoms with Crippen molar-refractivity contribution in [3.05, 3.63) is 41.5 Å². The zero-order chi connectivity index (χ0) is 13.7. The molecule has 0 aliphatic carbocycles. The van der Waals surface area contributed by atoms with E-state index in [-0.39, 0.29) is 11.2 Å². The summed E-state index contributed by atoms with van der Waals surface area (Å²) in [6, 6.07) is 10.0. The molecule has 4 nitrogen and oxygen atoms in total. The highest BCUT2D eigenvalue weighted by molar-refractivity contribution is 8.15. The van der Waals surface area contributed by atoms with E-state index < -0.39 is 0 Å². The van der Waals surface area contributed by atoms with Gasteiger partial charge in [-0.3, -0.25) is 4.79 Å².